The lowest BCUT2D eigenvalue weighted by Crippen LogP contribution is -2.41. The Kier molecular flexibility index (Phi) is 5.33. The number of aliphatic hydroxyl groups is 1. The monoisotopic (exact) mass is 421 g/mol. The molecule has 152 valence electrons. The van der Waals surface area contributed by atoms with Crippen LogP contribution in [0.4, 0.5) is 5.69 Å². The lowest BCUT2D eigenvalue weighted by Gasteiger charge is -2.23. The third-order valence-corrected chi connectivity index (χ3v) is 5.72. The van der Waals surface area contributed by atoms with Crippen LogP contribution >= 0.6 is 11.6 Å². The maximum Gasteiger partial charge on any atom is 0.264 e. The predicted octanol–water partition coefficient (Wildman–Crippen LogP) is 4.36. The molecule has 1 atom stereocenters. The molecule has 0 radical (unpaired) electrons. The van der Waals surface area contributed by atoms with Crippen molar-refractivity contribution in [3.63, 3.8) is 0 Å². The second kappa shape index (κ2) is 7.94. The van der Waals surface area contributed by atoms with Gasteiger partial charge in [-0.2, -0.15) is 0 Å². The highest BCUT2D eigenvalue weighted by Crippen LogP contribution is 2.44. The maximum absolute atomic E-state index is 13.4. The van der Waals surface area contributed by atoms with Crippen molar-refractivity contribution in [3.05, 3.63) is 94.5 Å². The maximum atomic E-state index is 13.4. The molecule has 30 heavy (non-hydrogen) atoms. The van der Waals surface area contributed by atoms with E-state index >= 15 is 0 Å². The van der Waals surface area contributed by atoms with Gasteiger partial charge in [0.05, 0.1) is 31.3 Å². The molecule has 1 N–H and O–H groups in total. The molecule has 0 aromatic heterocycles. The zero-order valence-electron chi connectivity index (χ0n) is 16.3. The van der Waals surface area contributed by atoms with Crippen LogP contribution in [0.15, 0.2) is 72.8 Å². The van der Waals surface area contributed by atoms with Crippen molar-refractivity contribution < 1.29 is 19.4 Å². The van der Waals surface area contributed by atoms with Crippen LogP contribution in [0.3, 0.4) is 0 Å². The van der Waals surface area contributed by atoms with E-state index in [-0.39, 0.29) is 18.7 Å². The summed E-state index contributed by atoms with van der Waals surface area (Å²) in [6.07, 6.45) is -0.387. The minimum absolute atomic E-state index is 0.195. The Hall–Kier alpha value is -3.15. The number of methoxy groups -OCH3 is 1. The second-order valence-corrected chi connectivity index (χ2v) is 7.57. The predicted molar refractivity (Wildman–Crippen MR) is 115 cm³/mol. The van der Waals surface area contributed by atoms with Gasteiger partial charge in [0, 0.05) is 10.6 Å². The first kappa shape index (κ1) is 20.1. The van der Waals surface area contributed by atoms with Gasteiger partial charge in [-0.15, -0.1) is 0 Å². The Morgan fingerprint density at radius 2 is 1.70 bits per heavy atom. The Balaban J connectivity index is 1.70. The molecule has 0 spiro atoms. The standard InChI is InChI=1S/C24H20ClNO4/c1-30-22-13-7-3-9-17(22)21(27)14-24(29)18-10-4-6-12-20(18)26(23(24)28)15-16-8-2-5-11-19(16)25/h2-13,29H,14-15H2,1H3. The largest absolute Gasteiger partial charge is 0.496 e. The number of benzene rings is 3. The topological polar surface area (TPSA) is 66.8 Å². The van der Waals surface area contributed by atoms with Gasteiger partial charge in [-0.25, -0.2) is 0 Å². The van der Waals surface area contributed by atoms with Crippen LogP contribution in [0.1, 0.15) is 27.9 Å². The van der Waals surface area contributed by atoms with Crippen molar-refractivity contribution in [2.75, 3.05) is 12.0 Å². The SMILES string of the molecule is COc1ccccc1C(=O)CC1(O)C(=O)N(Cc2ccccc2Cl)c2ccccc21. The fourth-order valence-corrected chi connectivity index (χ4v) is 4.03. The number of ether oxygens (including phenoxy) is 1. The van der Waals surface area contributed by atoms with Gasteiger partial charge in [0.2, 0.25) is 0 Å². The van der Waals surface area contributed by atoms with Crippen molar-refractivity contribution in [2.24, 2.45) is 0 Å². The summed E-state index contributed by atoms with van der Waals surface area (Å²) in [6, 6.07) is 21.0. The molecule has 1 aliphatic heterocycles. The Morgan fingerprint density at radius 3 is 2.47 bits per heavy atom. The van der Waals surface area contributed by atoms with Crippen molar-refractivity contribution in [1.82, 2.24) is 0 Å². The number of ketones is 1. The van der Waals surface area contributed by atoms with Gasteiger partial charge < -0.3 is 14.7 Å². The van der Waals surface area contributed by atoms with Crippen molar-refractivity contribution in [2.45, 2.75) is 18.6 Å². The molecule has 0 bridgehead atoms. The molecule has 0 aliphatic carbocycles. The molecule has 3 aromatic carbocycles. The number of rotatable bonds is 6. The Bertz CT molecular complexity index is 1130. The quantitative estimate of drug-likeness (QED) is 0.601. The first-order valence-electron chi connectivity index (χ1n) is 9.49. The molecule has 1 aliphatic rings. The van der Waals surface area contributed by atoms with Crippen molar-refractivity contribution in [3.8, 4) is 5.75 Å². The number of amides is 1. The summed E-state index contributed by atoms with van der Waals surface area (Å²) >= 11 is 6.28. The summed E-state index contributed by atoms with van der Waals surface area (Å²) in [7, 11) is 1.47. The van der Waals surface area contributed by atoms with E-state index in [1.807, 2.05) is 18.2 Å². The number of para-hydroxylation sites is 2. The van der Waals surface area contributed by atoms with Gasteiger partial charge in [0.1, 0.15) is 5.75 Å². The second-order valence-electron chi connectivity index (χ2n) is 7.16. The molecule has 0 saturated carbocycles. The highest BCUT2D eigenvalue weighted by atomic mass is 35.5. The van der Waals surface area contributed by atoms with Crippen LogP contribution in [0.2, 0.25) is 5.02 Å². The zero-order valence-corrected chi connectivity index (χ0v) is 17.1. The summed E-state index contributed by atoms with van der Waals surface area (Å²) in [6.45, 7) is 0.195. The molecule has 6 heteroatoms. The number of hydrogen-bond acceptors (Lipinski definition) is 4. The smallest absolute Gasteiger partial charge is 0.264 e. The normalized spacial score (nSPS) is 17.7. The molecule has 1 unspecified atom stereocenters. The van der Waals surface area contributed by atoms with Gasteiger partial charge in [-0.3, -0.25) is 9.59 Å². The average Bonchev–Trinajstić information content (AvgIpc) is 2.97. The average molecular weight is 422 g/mol. The number of carbonyl (C=O) groups excluding carboxylic acids is 2. The molecule has 1 heterocycles. The summed E-state index contributed by atoms with van der Waals surface area (Å²) in [4.78, 5) is 27.9. The number of hydrogen-bond donors (Lipinski definition) is 1. The fourth-order valence-electron chi connectivity index (χ4n) is 3.83. The highest BCUT2D eigenvalue weighted by Gasteiger charge is 2.51. The number of Topliss-reactive ketones (excluding diaryl/α,β-unsaturated/α-hetero) is 1. The minimum Gasteiger partial charge on any atom is -0.496 e. The minimum atomic E-state index is -1.96. The summed E-state index contributed by atoms with van der Waals surface area (Å²) in [5, 5.41) is 12.0. The fraction of sp³-hybridized carbons (Fsp3) is 0.167. The van der Waals surface area contributed by atoms with Gasteiger partial charge in [0.15, 0.2) is 11.4 Å². The Morgan fingerprint density at radius 1 is 1.03 bits per heavy atom. The molecule has 3 aromatic rings. The van der Waals surface area contributed by atoms with Crippen LogP contribution in [0, 0.1) is 0 Å². The van der Waals surface area contributed by atoms with Crippen LogP contribution in [-0.2, 0) is 16.9 Å². The number of halogens is 1. The van der Waals surface area contributed by atoms with E-state index in [4.69, 9.17) is 16.3 Å². The molecule has 0 saturated heterocycles. The van der Waals surface area contributed by atoms with E-state index in [1.165, 1.54) is 12.0 Å². The first-order chi connectivity index (χ1) is 14.5. The van der Waals surface area contributed by atoms with E-state index in [0.29, 0.717) is 27.6 Å². The van der Waals surface area contributed by atoms with Gasteiger partial charge in [-0.05, 0) is 29.8 Å². The van der Waals surface area contributed by atoms with Crippen LogP contribution in [0.25, 0.3) is 0 Å². The number of carbonyl (C=O) groups is 2. The van der Waals surface area contributed by atoms with E-state index in [9.17, 15) is 14.7 Å². The molecule has 5 nitrogen and oxygen atoms in total. The van der Waals surface area contributed by atoms with E-state index < -0.39 is 11.5 Å². The van der Waals surface area contributed by atoms with E-state index in [2.05, 4.69) is 0 Å². The zero-order chi connectivity index (χ0) is 21.3. The lowest BCUT2D eigenvalue weighted by atomic mass is 9.88. The van der Waals surface area contributed by atoms with Gasteiger partial charge in [0.25, 0.3) is 5.91 Å². The molecule has 4 rings (SSSR count). The van der Waals surface area contributed by atoms with Gasteiger partial charge in [-0.1, -0.05) is 60.1 Å². The van der Waals surface area contributed by atoms with Crippen molar-refractivity contribution in [1.29, 1.82) is 0 Å². The van der Waals surface area contributed by atoms with Crippen molar-refractivity contribution >= 4 is 29.0 Å². The van der Waals surface area contributed by atoms with Crippen LogP contribution < -0.4 is 9.64 Å². The third kappa shape index (κ3) is 3.36. The van der Waals surface area contributed by atoms with E-state index in [0.717, 1.165) is 5.56 Å². The lowest BCUT2D eigenvalue weighted by molar-refractivity contribution is -0.136. The first-order valence-corrected chi connectivity index (χ1v) is 9.87. The summed E-state index contributed by atoms with van der Waals surface area (Å²) in [5.74, 6) is -0.526. The van der Waals surface area contributed by atoms with Crippen LogP contribution in [-0.4, -0.2) is 23.9 Å². The summed E-state index contributed by atoms with van der Waals surface area (Å²) < 4.78 is 5.26. The molecular formula is C24H20ClNO4. The summed E-state index contributed by atoms with van der Waals surface area (Å²) in [5.41, 5.74) is 0.0874. The van der Waals surface area contributed by atoms with E-state index in [1.54, 1.807) is 54.6 Å². The molecule has 0 fully saturated rings. The number of nitrogens with zero attached hydrogens (tertiary/aromatic N) is 1. The highest BCUT2D eigenvalue weighted by molar-refractivity contribution is 6.31. The third-order valence-electron chi connectivity index (χ3n) is 5.35. The molecule has 1 amide bonds. The van der Waals surface area contributed by atoms with Crippen LogP contribution in [0.5, 0.6) is 5.75 Å². The van der Waals surface area contributed by atoms with Gasteiger partial charge >= 0.3 is 0 Å². The number of fused-ring (bicyclic) bond motifs is 1. The molecular weight excluding hydrogens is 402 g/mol. The number of anilines is 1. The Labute approximate surface area is 179 Å².